The summed E-state index contributed by atoms with van der Waals surface area (Å²) in [4.78, 5) is 28.7. The van der Waals surface area contributed by atoms with Crippen molar-refractivity contribution in [3.05, 3.63) is 80.2 Å². The first-order chi connectivity index (χ1) is 14.9. The molecule has 0 bridgehead atoms. The summed E-state index contributed by atoms with van der Waals surface area (Å²) in [5, 5.41) is 0.847. The minimum absolute atomic E-state index is 0.0327. The first-order valence-corrected chi connectivity index (χ1v) is 11.1. The molecule has 1 fully saturated rings. The fourth-order valence-corrected chi connectivity index (χ4v) is 4.77. The van der Waals surface area contributed by atoms with E-state index < -0.39 is 6.04 Å². The van der Waals surface area contributed by atoms with E-state index in [9.17, 15) is 9.59 Å². The summed E-state index contributed by atoms with van der Waals surface area (Å²) in [7, 11) is 0. The van der Waals surface area contributed by atoms with Crippen LogP contribution in [0.15, 0.2) is 51.7 Å². The molecule has 31 heavy (non-hydrogen) atoms. The summed E-state index contributed by atoms with van der Waals surface area (Å²) >= 11 is 6.14. The summed E-state index contributed by atoms with van der Waals surface area (Å²) in [5.41, 5.74) is 2.64. The average molecular weight is 438 g/mol. The van der Waals surface area contributed by atoms with Crippen molar-refractivity contribution in [1.82, 2.24) is 4.90 Å². The number of rotatable bonds is 4. The van der Waals surface area contributed by atoms with Gasteiger partial charge in [0.2, 0.25) is 5.76 Å². The van der Waals surface area contributed by atoms with Crippen LogP contribution in [0.3, 0.4) is 0 Å². The molecule has 0 unspecified atom stereocenters. The van der Waals surface area contributed by atoms with Gasteiger partial charge in [-0.05, 0) is 48.1 Å². The lowest BCUT2D eigenvalue weighted by Crippen LogP contribution is -2.36. The third-order valence-corrected chi connectivity index (χ3v) is 6.51. The van der Waals surface area contributed by atoms with Gasteiger partial charge in [-0.25, -0.2) is 0 Å². The second-order valence-electron chi connectivity index (χ2n) is 8.63. The van der Waals surface area contributed by atoms with Crippen molar-refractivity contribution in [3.8, 4) is 0 Å². The van der Waals surface area contributed by atoms with Gasteiger partial charge >= 0.3 is 0 Å². The molecule has 1 saturated heterocycles. The Hall–Kier alpha value is -2.63. The first-order valence-electron chi connectivity index (χ1n) is 10.7. The van der Waals surface area contributed by atoms with Gasteiger partial charge in [-0.15, -0.1) is 0 Å². The van der Waals surface area contributed by atoms with Crippen LogP contribution in [0, 0.1) is 0 Å². The number of fused-ring (bicyclic) bond motifs is 2. The fraction of sp³-hybridized carbons (Fsp3) is 0.360. The maximum Gasteiger partial charge on any atom is 0.291 e. The number of hydrogen-bond acceptors (Lipinski definition) is 4. The minimum atomic E-state index is -0.507. The van der Waals surface area contributed by atoms with E-state index >= 15 is 0 Å². The molecule has 2 aliphatic heterocycles. The molecule has 3 aromatic rings. The van der Waals surface area contributed by atoms with Crippen LogP contribution in [-0.4, -0.2) is 30.1 Å². The number of nitrogens with zero attached hydrogens (tertiary/aromatic N) is 1. The molecule has 5 rings (SSSR count). The molecular weight excluding hydrogens is 414 g/mol. The molecule has 1 amide bonds. The molecule has 5 nitrogen and oxygen atoms in total. The third-order valence-electron chi connectivity index (χ3n) is 6.27. The van der Waals surface area contributed by atoms with Crippen LogP contribution in [0.5, 0.6) is 0 Å². The van der Waals surface area contributed by atoms with Crippen LogP contribution >= 0.6 is 11.6 Å². The van der Waals surface area contributed by atoms with Crippen LogP contribution < -0.4 is 5.43 Å². The molecule has 0 spiro atoms. The van der Waals surface area contributed by atoms with Crippen LogP contribution in [0.4, 0.5) is 0 Å². The van der Waals surface area contributed by atoms with Gasteiger partial charge in [-0.3, -0.25) is 9.59 Å². The highest BCUT2D eigenvalue weighted by molar-refractivity contribution is 6.31. The van der Waals surface area contributed by atoms with E-state index in [1.165, 1.54) is 5.56 Å². The molecule has 0 radical (unpaired) electrons. The van der Waals surface area contributed by atoms with Crippen molar-refractivity contribution < 1.29 is 13.9 Å². The molecule has 160 valence electrons. The zero-order valence-electron chi connectivity index (χ0n) is 17.6. The fourth-order valence-electron chi connectivity index (χ4n) is 4.60. The van der Waals surface area contributed by atoms with Gasteiger partial charge in [0.1, 0.15) is 5.58 Å². The topological polar surface area (TPSA) is 59.8 Å². The molecule has 0 saturated carbocycles. The monoisotopic (exact) mass is 437 g/mol. The van der Waals surface area contributed by atoms with E-state index in [1.807, 2.05) is 12.1 Å². The third kappa shape index (κ3) is 3.46. The van der Waals surface area contributed by atoms with Crippen molar-refractivity contribution in [2.24, 2.45) is 0 Å². The van der Waals surface area contributed by atoms with Crippen molar-refractivity contribution >= 4 is 28.5 Å². The lowest BCUT2D eigenvalue weighted by atomic mass is 9.95. The van der Waals surface area contributed by atoms with E-state index in [-0.39, 0.29) is 23.2 Å². The van der Waals surface area contributed by atoms with Crippen molar-refractivity contribution in [1.29, 1.82) is 0 Å². The normalized spacial score (nSPS) is 20.8. The zero-order chi connectivity index (χ0) is 21.7. The van der Waals surface area contributed by atoms with Crippen molar-refractivity contribution in [2.45, 2.75) is 44.8 Å². The summed E-state index contributed by atoms with van der Waals surface area (Å²) < 4.78 is 11.8. The lowest BCUT2D eigenvalue weighted by molar-refractivity contribution is 0.0486. The minimum Gasteiger partial charge on any atom is -0.450 e. The van der Waals surface area contributed by atoms with Gasteiger partial charge in [0.15, 0.2) is 5.43 Å². The molecule has 6 heteroatoms. The van der Waals surface area contributed by atoms with E-state index in [0.717, 1.165) is 18.4 Å². The number of hydrogen-bond donors (Lipinski definition) is 0. The number of benzene rings is 2. The first kappa shape index (κ1) is 20.3. The number of amides is 1. The van der Waals surface area contributed by atoms with Gasteiger partial charge < -0.3 is 14.1 Å². The molecule has 2 atom stereocenters. The summed E-state index contributed by atoms with van der Waals surface area (Å²) in [6.45, 7) is 5.40. The van der Waals surface area contributed by atoms with Crippen LogP contribution in [-0.2, 0) is 4.74 Å². The molecular formula is C25H24ClNO4. The molecule has 2 aromatic carbocycles. The Labute approximate surface area is 185 Å². The van der Waals surface area contributed by atoms with Gasteiger partial charge in [0.05, 0.1) is 23.1 Å². The van der Waals surface area contributed by atoms with Gasteiger partial charge in [-0.2, -0.15) is 0 Å². The summed E-state index contributed by atoms with van der Waals surface area (Å²) in [6.07, 6.45) is 1.85. The number of carbonyl (C=O) groups is 1. The van der Waals surface area contributed by atoms with Crippen molar-refractivity contribution in [2.75, 3.05) is 13.2 Å². The maximum absolute atomic E-state index is 13.5. The van der Waals surface area contributed by atoms with Gasteiger partial charge in [-0.1, -0.05) is 49.7 Å². The Kier molecular flexibility index (Phi) is 5.11. The second-order valence-corrected chi connectivity index (χ2v) is 9.07. The van der Waals surface area contributed by atoms with Crippen molar-refractivity contribution in [3.63, 3.8) is 0 Å². The molecule has 2 aliphatic rings. The summed E-state index contributed by atoms with van der Waals surface area (Å²) in [6, 6.07) is 12.5. The van der Waals surface area contributed by atoms with Crippen LogP contribution in [0.25, 0.3) is 11.0 Å². The smallest absolute Gasteiger partial charge is 0.291 e. The number of ether oxygens (including phenoxy) is 1. The second kappa shape index (κ2) is 7.81. The standard InChI is InChI=1S/C25H24ClNO4/c1-14(2)15-5-7-16(8-6-15)22-21-23(28)19-12-17(26)9-10-20(19)31-24(21)25(29)27(22)13-18-4-3-11-30-18/h5-10,12,14,18,22H,3-4,11,13H2,1-2H3/t18-,22+/m0/s1. The lowest BCUT2D eigenvalue weighted by Gasteiger charge is -2.27. The average Bonchev–Trinajstić information content (AvgIpc) is 3.36. The van der Waals surface area contributed by atoms with Gasteiger partial charge in [0, 0.05) is 18.2 Å². The van der Waals surface area contributed by atoms with Gasteiger partial charge in [0.25, 0.3) is 5.91 Å². The SMILES string of the molecule is CC(C)c1ccc([C@@H]2c3c(oc4ccc(Cl)cc4c3=O)C(=O)N2C[C@@H]2CCCO2)cc1. The highest BCUT2D eigenvalue weighted by Crippen LogP contribution is 2.39. The largest absolute Gasteiger partial charge is 0.450 e. The maximum atomic E-state index is 13.5. The molecule has 0 aliphatic carbocycles. The zero-order valence-corrected chi connectivity index (χ0v) is 18.3. The summed E-state index contributed by atoms with van der Waals surface area (Å²) in [5.74, 6) is 0.249. The molecule has 3 heterocycles. The van der Waals surface area contributed by atoms with E-state index in [1.54, 1.807) is 23.1 Å². The van der Waals surface area contributed by atoms with E-state index in [2.05, 4.69) is 26.0 Å². The molecule has 0 N–H and O–H groups in total. The Morgan fingerprint density at radius 2 is 1.90 bits per heavy atom. The highest BCUT2D eigenvalue weighted by Gasteiger charge is 2.43. The predicted octanol–water partition coefficient (Wildman–Crippen LogP) is 5.29. The van der Waals surface area contributed by atoms with E-state index in [4.69, 9.17) is 20.8 Å². The quantitative estimate of drug-likeness (QED) is 0.556. The predicted molar refractivity (Wildman–Crippen MR) is 120 cm³/mol. The Bertz CT molecular complexity index is 1210. The number of carbonyl (C=O) groups excluding carboxylic acids is 1. The Morgan fingerprint density at radius 3 is 2.58 bits per heavy atom. The van der Waals surface area contributed by atoms with Crippen LogP contribution in [0.1, 0.15) is 65.9 Å². The highest BCUT2D eigenvalue weighted by atomic mass is 35.5. The molecule has 1 aromatic heterocycles. The Balaban J connectivity index is 1.68. The Morgan fingerprint density at radius 1 is 1.13 bits per heavy atom. The van der Waals surface area contributed by atoms with E-state index in [0.29, 0.717) is 40.6 Å². The number of halogens is 1. The van der Waals surface area contributed by atoms with Crippen LogP contribution in [0.2, 0.25) is 5.02 Å².